The van der Waals surface area contributed by atoms with Gasteiger partial charge in [-0.15, -0.1) is 0 Å². The van der Waals surface area contributed by atoms with E-state index in [-0.39, 0.29) is 38.5 Å². The summed E-state index contributed by atoms with van der Waals surface area (Å²) in [6.07, 6.45) is 0. The Labute approximate surface area is 148 Å². The van der Waals surface area contributed by atoms with Crippen LogP contribution in [-0.2, 0) is 5.41 Å². The van der Waals surface area contributed by atoms with Gasteiger partial charge in [-0.1, -0.05) is 46.9 Å². The van der Waals surface area contributed by atoms with Crippen LogP contribution in [0.2, 0.25) is 15.1 Å². The molecule has 3 rings (SSSR count). The van der Waals surface area contributed by atoms with Crippen LogP contribution in [0, 0.1) is 0 Å². The molecule has 1 aliphatic rings. The fraction of sp³-hybridized carbons (Fsp3) is 0.176. The van der Waals surface area contributed by atoms with Gasteiger partial charge in [-0.05, 0) is 30.7 Å². The van der Waals surface area contributed by atoms with E-state index in [2.05, 4.69) is 0 Å². The zero-order chi connectivity index (χ0) is 16.9. The minimum Gasteiger partial charge on any atom is -0.495 e. The molecule has 118 valence electrons. The second kappa shape index (κ2) is 5.52. The highest BCUT2D eigenvalue weighted by Gasteiger charge is 2.52. The summed E-state index contributed by atoms with van der Waals surface area (Å²) in [5.41, 5.74) is -0.440. The summed E-state index contributed by atoms with van der Waals surface area (Å²) in [6.45, 7) is 1.58. The maximum absolute atomic E-state index is 12.9. The van der Waals surface area contributed by atoms with Gasteiger partial charge in [0.15, 0.2) is 11.6 Å². The Bertz CT molecular complexity index is 843. The molecular formula is C17H11Cl3O3. The molecule has 0 aliphatic heterocycles. The van der Waals surface area contributed by atoms with Gasteiger partial charge >= 0.3 is 0 Å². The van der Waals surface area contributed by atoms with Gasteiger partial charge in [-0.2, -0.15) is 0 Å². The number of fused-ring (bicyclic) bond motifs is 1. The average Bonchev–Trinajstić information content (AvgIpc) is 2.73. The van der Waals surface area contributed by atoms with Gasteiger partial charge in [0.05, 0.1) is 17.7 Å². The Morgan fingerprint density at radius 2 is 1.57 bits per heavy atom. The summed E-state index contributed by atoms with van der Waals surface area (Å²) in [5, 5.41) is 0.682. The smallest absolute Gasteiger partial charge is 0.183 e. The maximum atomic E-state index is 12.9. The van der Waals surface area contributed by atoms with Gasteiger partial charge in [0.25, 0.3) is 0 Å². The number of Topliss-reactive ketones (excluding diaryl/α,β-unsaturated/α-hetero) is 2. The molecule has 6 heteroatoms. The molecule has 1 unspecified atom stereocenters. The number of rotatable bonds is 2. The Kier molecular flexibility index (Phi) is 3.91. The van der Waals surface area contributed by atoms with Crippen molar-refractivity contribution in [1.82, 2.24) is 0 Å². The number of halogens is 3. The predicted molar refractivity (Wildman–Crippen MR) is 90.5 cm³/mol. The van der Waals surface area contributed by atoms with Crippen molar-refractivity contribution < 1.29 is 14.3 Å². The quantitative estimate of drug-likeness (QED) is 0.700. The van der Waals surface area contributed by atoms with E-state index in [0.717, 1.165) is 0 Å². The largest absolute Gasteiger partial charge is 0.495 e. The lowest BCUT2D eigenvalue weighted by Crippen LogP contribution is -2.34. The first-order valence-corrected chi connectivity index (χ1v) is 7.87. The first-order valence-electron chi connectivity index (χ1n) is 6.74. The van der Waals surface area contributed by atoms with E-state index in [4.69, 9.17) is 39.5 Å². The molecule has 23 heavy (non-hydrogen) atoms. The molecule has 0 amide bonds. The fourth-order valence-corrected chi connectivity index (χ4v) is 3.45. The summed E-state index contributed by atoms with van der Waals surface area (Å²) < 4.78 is 5.13. The summed E-state index contributed by atoms with van der Waals surface area (Å²) in [5.74, 6) is -0.456. The van der Waals surface area contributed by atoms with Gasteiger partial charge in [-0.3, -0.25) is 9.59 Å². The normalized spacial score (nSPS) is 19.9. The number of ketones is 2. The van der Waals surface area contributed by atoms with Crippen molar-refractivity contribution in [3.63, 3.8) is 0 Å². The molecule has 1 atom stereocenters. The van der Waals surface area contributed by atoms with Crippen molar-refractivity contribution >= 4 is 46.4 Å². The van der Waals surface area contributed by atoms with Crippen LogP contribution in [0.4, 0.5) is 0 Å². The number of methoxy groups -OCH3 is 1. The number of carbonyl (C=O) groups is 2. The standard InChI is InChI=1S/C17H11Cl3O3/c1-17(8-3-5-9(18)6-4-8)15(21)10-7-11(23-2)13(19)14(20)12(10)16(17)22/h3-7H,1-2H3. The van der Waals surface area contributed by atoms with E-state index in [9.17, 15) is 9.59 Å². The molecule has 0 aromatic heterocycles. The van der Waals surface area contributed by atoms with E-state index < -0.39 is 5.41 Å². The highest BCUT2D eigenvalue weighted by Crippen LogP contribution is 2.47. The van der Waals surface area contributed by atoms with Crippen molar-refractivity contribution in [2.24, 2.45) is 0 Å². The summed E-state index contributed by atoms with van der Waals surface area (Å²) in [4.78, 5) is 25.9. The molecule has 2 aromatic carbocycles. The zero-order valence-corrected chi connectivity index (χ0v) is 14.5. The highest BCUT2D eigenvalue weighted by molar-refractivity contribution is 6.48. The third-order valence-electron chi connectivity index (χ3n) is 4.19. The van der Waals surface area contributed by atoms with Gasteiger partial charge in [0.1, 0.15) is 16.2 Å². The lowest BCUT2D eigenvalue weighted by Gasteiger charge is -2.20. The number of benzene rings is 2. The third-order valence-corrected chi connectivity index (χ3v) is 5.30. The Morgan fingerprint density at radius 3 is 2.13 bits per heavy atom. The van der Waals surface area contributed by atoms with Crippen LogP contribution in [0.5, 0.6) is 5.75 Å². The van der Waals surface area contributed by atoms with Crippen molar-refractivity contribution in [1.29, 1.82) is 0 Å². The van der Waals surface area contributed by atoms with E-state index in [0.29, 0.717) is 10.6 Å². The van der Waals surface area contributed by atoms with Crippen LogP contribution in [0.15, 0.2) is 30.3 Å². The van der Waals surface area contributed by atoms with Gasteiger partial charge in [0.2, 0.25) is 0 Å². The maximum Gasteiger partial charge on any atom is 0.183 e. The number of hydrogen-bond acceptors (Lipinski definition) is 3. The Hall–Kier alpha value is -1.55. The second-order valence-electron chi connectivity index (χ2n) is 5.42. The molecule has 0 saturated heterocycles. The monoisotopic (exact) mass is 368 g/mol. The molecular weight excluding hydrogens is 359 g/mol. The van der Waals surface area contributed by atoms with E-state index in [1.54, 1.807) is 31.2 Å². The number of carbonyl (C=O) groups excluding carboxylic acids is 2. The second-order valence-corrected chi connectivity index (χ2v) is 6.61. The van der Waals surface area contributed by atoms with E-state index in [1.807, 2.05) is 0 Å². The molecule has 0 radical (unpaired) electrons. The SMILES string of the molecule is COc1cc2c(c(Cl)c1Cl)C(=O)C(C)(c1ccc(Cl)cc1)C2=O. The van der Waals surface area contributed by atoms with Crippen LogP contribution in [0.1, 0.15) is 33.2 Å². The average molecular weight is 370 g/mol. The molecule has 0 saturated carbocycles. The van der Waals surface area contributed by atoms with Crippen LogP contribution in [0.3, 0.4) is 0 Å². The Morgan fingerprint density at radius 1 is 0.957 bits per heavy atom. The van der Waals surface area contributed by atoms with Crippen LogP contribution in [-0.4, -0.2) is 18.7 Å². The number of ether oxygens (including phenoxy) is 1. The molecule has 1 aliphatic carbocycles. The predicted octanol–water partition coefficient (Wildman–Crippen LogP) is 4.99. The lowest BCUT2D eigenvalue weighted by atomic mass is 9.78. The molecule has 0 N–H and O–H groups in total. The lowest BCUT2D eigenvalue weighted by molar-refractivity contribution is 0.0810. The van der Waals surface area contributed by atoms with E-state index >= 15 is 0 Å². The van der Waals surface area contributed by atoms with Crippen molar-refractivity contribution in [3.8, 4) is 5.75 Å². The molecule has 0 spiro atoms. The number of hydrogen-bond donors (Lipinski definition) is 0. The van der Waals surface area contributed by atoms with Crippen molar-refractivity contribution in [2.75, 3.05) is 7.11 Å². The highest BCUT2D eigenvalue weighted by atomic mass is 35.5. The third kappa shape index (κ3) is 2.18. The van der Waals surface area contributed by atoms with Gasteiger partial charge in [0, 0.05) is 10.6 Å². The van der Waals surface area contributed by atoms with E-state index in [1.165, 1.54) is 13.2 Å². The Balaban J connectivity index is 2.25. The van der Waals surface area contributed by atoms with Crippen molar-refractivity contribution in [2.45, 2.75) is 12.3 Å². The summed E-state index contributed by atoms with van der Waals surface area (Å²) in [7, 11) is 1.42. The minimum absolute atomic E-state index is 0.0389. The van der Waals surface area contributed by atoms with Crippen molar-refractivity contribution in [3.05, 3.63) is 62.1 Å². The minimum atomic E-state index is -1.35. The molecule has 0 bridgehead atoms. The first-order chi connectivity index (χ1) is 10.8. The van der Waals surface area contributed by atoms with Gasteiger partial charge < -0.3 is 4.74 Å². The molecule has 2 aromatic rings. The van der Waals surface area contributed by atoms with Crippen LogP contribution < -0.4 is 4.74 Å². The molecule has 3 nitrogen and oxygen atoms in total. The summed E-state index contributed by atoms with van der Waals surface area (Å²) in [6, 6.07) is 8.07. The first kappa shape index (κ1) is 16.3. The topological polar surface area (TPSA) is 43.4 Å². The van der Waals surface area contributed by atoms with Crippen LogP contribution >= 0.6 is 34.8 Å². The molecule has 0 heterocycles. The molecule has 0 fully saturated rings. The zero-order valence-electron chi connectivity index (χ0n) is 12.2. The fourth-order valence-electron chi connectivity index (χ4n) is 2.82. The summed E-state index contributed by atoms with van der Waals surface area (Å²) >= 11 is 18.2. The van der Waals surface area contributed by atoms with Crippen LogP contribution in [0.25, 0.3) is 0 Å². The van der Waals surface area contributed by atoms with Gasteiger partial charge in [-0.25, -0.2) is 0 Å².